The highest BCUT2D eigenvalue weighted by atomic mass is 35.5. The molecule has 0 fully saturated rings. The van der Waals surface area contributed by atoms with Crippen molar-refractivity contribution in [3.8, 4) is 5.69 Å². The van der Waals surface area contributed by atoms with Gasteiger partial charge in [0.25, 0.3) is 0 Å². The summed E-state index contributed by atoms with van der Waals surface area (Å²) in [5, 5.41) is 4.15. The monoisotopic (exact) mass is 294 g/mol. The van der Waals surface area contributed by atoms with E-state index >= 15 is 0 Å². The van der Waals surface area contributed by atoms with Gasteiger partial charge in [-0.15, -0.1) is 0 Å². The minimum absolute atomic E-state index is 0.238. The molecule has 0 N–H and O–H groups in total. The van der Waals surface area contributed by atoms with Gasteiger partial charge >= 0.3 is 6.18 Å². The van der Waals surface area contributed by atoms with E-state index in [1.54, 1.807) is 0 Å². The largest absolute Gasteiger partial charge is 0.435 e. The highest BCUT2D eigenvalue weighted by Crippen LogP contribution is 2.31. The van der Waals surface area contributed by atoms with E-state index in [4.69, 9.17) is 23.2 Å². The quantitative estimate of drug-likeness (QED) is 0.757. The topological polar surface area (TPSA) is 17.8 Å². The molecular weight excluding hydrogens is 288 g/mol. The molecule has 1 aromatic carbocycles. The van der Waals surface area contributed by atoms with Crippen LogP contribution in [0.15, 0.2) is 24.3 Å². The fourth-order valence-electron chi connectivity index (χ4n) is 1.51. The van der Waals surface area contributed by atoms with Crippen LogP contribution in [0.4, 0.5) is 13.2 Å². The highest BCUT2D eigenvalue weighted by Gasteiger charge is 2.34. The fraction of sp³-hybridized carbons (Fsp3) is 0.182. The van der Waals surface area contributed by atoms with Gasteiger partial charge in [-0.2, -0.15) is 18.3 Å². The summed E-state index contributed by atoms with van der Waals surface area (Å²) in [5.74, 6) is 0. The summed E-state index contributed by atoms with van der Waals surface area (Å²) in [5.41, 5.74) is -0.258. The maximum Gasteiger partial charge on any atom is 0.435 e. The molecular formula is C11H7Cl2F3N2. The zero-order valence-electron chi connectivity index (χ0n) is 9.09. The summed E-state index contributed by atoms with van der Waals surface area (Å²) in [7, 11) is 0. The Kier molecular flexibility index (Phi) is 3.29. The van der Waals surface area contributed by atoms with Gasteiger partial charge in [0, 0.05) is 10.7 Å². The Morgan fingerprint density at radius 2 is 1.83 bits per heavy atom. The van der Waals surface area contributed by atoms with Crippen LogP contribution in [0.3, 0.4) is 0 Å². The van der Waals surface area contributed by atoms with Crippen LogP contribution in [0.2, 0.25) is 10.0 Å². The molecule has 0 aliphatic heterocycles. The van der Waals surface area contributed by atoms with Crippen molar-refractivity contribution in [1.82, 2.24) is 9.78 Å². The zero-order valence-corrected chi connectivity index (χ0v) is 10.6. The van der Waals surface area contributed by atoms with Gasteiger partial charge in [0.1, 0.15) is 0 Å². The van der Waals surface area contributed by atoms with Gasteiger partial charge in [-0.1, -0.05) is 23.2 Å². The molecule has 18 heavy (non-hydrogen) atoms. The average molecular weight is 295 g/mol. The smallest absolute Gasteiger partial charge is 0.236 e. The van der Waals surface area contributed by atoms with Crippen molar-refractivity contribution in [2.75, 3.05) is 0 Å². The Hall–Kier alpha value is -1.20. The van der Waals surface area contributed by atoms with Crippen molar-refractivity contribution in [1.29, 1.82) is 0 Å². The molecule has 0 saturated heterocycles. The molecule has 2 rings (SSSR count). The Morgan fingerprint density at radius 1 is 1.17 bits per heavy atom. The Morgan fingerprint density at radius 3 is 2.33 bits per heavy atom. The van der Waals surface area contributed by atoms with E-state index < -0.39 is 11.9 Å². The standard InChI is InChI=1S/C11H7Cl2F3N2/c1-6-4-10(11(14,15)16)17-18(6)9-3-2-7(12)5-8(9)13/h2-5H,1H3. The molecule has 0 amide bonds. The summed E-state index contributed by atoms with van der Waals surface area (Å²) in [6.45, 7) is 1.52. The van der Waals surface area contributed by atoms with Gasteiger partial charge in [-0.05, 0) is 31.2 Å². The lowest BCUT2D eigenvalue weighted by atomic mass is 10.3. The first-order valence-electron chi connectivity index (χ1n) is 4.88. The molecule has 0 aliphatic carbocycles. The van der Waals surface area contributed by atoms with Gasteiger partial charge in [-0.25, -0.2) is 4.68 Å². The van der Waals surface area contributed by atoms with E-state index in [9.17, 15) is 13.2 Å². The SMILES string of the molecule is Cc1cc(C(F)(F)F)nn1-c1ccc(Cl)cc1Cl. The lowest BCUT2D eigenvalue weighted by Gasteiger charge is -2.07. The Bertz CT molecular complexity index is 590. The van der Waals surface area contributed by atoms with Crippen molar-refractivity contribution in [3.63, 3.8) is 0 Å². The Labute approximate surface area is 111 Å². The van der Waals surface area contributed by atoms with Crippen molar-refractivity contribution in [3.05, 3.63) is 45.7 Å². The predicted molar refractivity (Wildman–Crippen MR) is 63.3 cm³/mol. The maximum atomic E-state index is 12.5. The second-order valence-corrected chi connectivity index (χ2v) is 4.52. The van der Waals surface area contributed by atoms with E-state index in [0.29, 0.717) is 16.4 Å². The van der Waals surface area contributed by atoms with Gasteiger partial charge in [0.15, 0.2) is 5.69 Å². The summed E-state index contributed by atoms with van der Waals surface area (Å²) >= 11 is 11.7. The normalized spacial score (nSPS) is 11.9. The number of hydrogen-bond donors (Lipinski definition) is 0. The number of benzene rings is 1. The minimum Gasteiger partial charge on any atom is -0.236 e. The van der Waals surface area contributed by atoms with Crippen molar-refractivity contribution in [2.24, 2.45) is 0 Å². The molecule has 1 heterocycles. The van der Waals surface area contributed by atoms with Gasteiger partial charge in [0.2, 0.25) is 0 Å². The van der Waals surface area contributed by atoms with E-state index in [1.165, 1.54) is 25.1 Å². The van der Waals surface area contributed by atoms with E-state index in [-0.39, 0.29) is 5.02 Å². The molecule has 0 spiro atoms. The molecule has 7 heteroatoms. The molecule has 0 bridgehead atoms. The molecule has 0 radical (unpaired) electrons. The van der Waals surface area contributed by atoms with Crippen LogP contribution in [0.25, 0.3) is 5.69 Å². The van der Waals surface area contributed by atoms with Gasteiger partial charge < -0.3 is 0 Å². The van der Waals surface area contributed by atoms with Crippen LogP contribution in [0.1, 0.15) is 11.4 Å². The third kappa shape index (κ3) is 2.47. The lowest BCUT2D eigenvalue weighted by molar-refractivity contribution is -0.141. The van der Waals surface area contributed by atoms with Crippen LogP contribution < -0.4 is 0 Å². The van der Waals surface area contributed by atoms with Crippen LogP contribution in [0.5, 0.6) is 0 Å². The van der Waals surface area contributed by atoms with Crippen LogP contribution in [-0.2, 0) is 6.18 Å². The molecule has 96 valence electrons. The summed E-state index contributed by atoms with van der Waals surface area (Å²) in [6.07, 6.45) is -4.48. The number of aryl methyl sites for hydroxylation is 1. The number of rotatable bonds is 1. The zero-order chi connectivity index (χ0) is 13.5. The molecule has 0 saturated carbocycles. The van der Waals surface area contributed by atoms with E-state index in [0.717, 1.165) is 10.7 Å². The van der Waals surface area contributed by atoms with Crippen molar-refractivity contribution >= 4 is 23.2 Å². The first-order chi connectivity index (χ1) is 8.29. The van der Waals surface area contributed by atoms with Gasteiger partial charge in [-0.3, -0.25) is 0 Å². The third-order valence-electron chi connectivity index (χ3n) is 2.32. The first-order valence-corrected chi connectivity index (χ1v) is 5.64. The summed E-state index contributed by atoms with van der Waals surface area (Å²) in [4.78, 5) is 0. The molecule has 0 aliphatic rings. The van der Waals surface area contributed by atoms with Crippen LogP contribution >= 0.6 is 23.2 Å². The number of hydrogen-bond acceptors (Lipinski definition) is 1. The average Bonchev–Trinajstić information content (AvgIpc) is 2.60. The first kappa shape index (κ1) is 13.2. The van der Waals surface area contributed by atoms with Crippen molar-refractivity contribution in [2.45, 2.75) is 13.1 Å². The predicted octanol–water partition coefficient (Wildman–Crippen LogP) is 4.51. The van der Waals surface area contributed by atoms with Crippen LogP contribution in [0, 0.1) is 6.92 Å². The van der Waals surface area contributed by atoms with E-state index in [2.05, 4.69) is 5.10 Å². The number of alkyl halides is 3. The van der Waals surface area contributed by atoms with E-state index in [1.807, 2.05) is 0 Å². The second-order valence-electron chi connectivity index (χ2n) is 3.68. The summed E-state index contributed by atoms with van der Waals surface area (Å²) in [6, 6.07) is 5.47. The summed E-state index contributed by atoms with van der Waals surface area (Å²) < 4.78 is 38.7. The van der Waals surface area contributed by atoms with Crippen LogP contribution in [-0.4, -0.2) is 9.78 Å². The molecule has 1 aromatic heterocycles. The number of halogens is 5. The minimum atomic E-state index is -4.48. The lowest BCUT2D eigenvalue weighted by Crippen LogP contribution is -2.07. The third-order valence-corrected chi connectivity index (χ3v) is 2.85. The second kappa shape index (κ2) is 4.48. The highest BCUT2D eigenvalue weighted by molar-refractivity contribution is 6.35. The van der Waals surface area contributed by atoms with Crippen molar-refractivity contribution < 1.29 is 13.2 Å². The maximum absolute atomic E-state index is 12.5. The molecule has 0 atom stereocenters. The fourth-order valence-corrected chi connectivity index (χ4v) is 2.00. The molecule has 2 nitrogen and oxygen atoms in total. The number of nitrogens with zero attached hydrogens (tertiary/aromatic N) is 2. The Balaban J connectivity index is 2.55. The van der Waals surface area contributed by atoms with Gasteiger partial charge in [0.05, 0.1) is 10.7 Å². The number of aromatic nitrogens is 2. The molecule has 2 aromatic rings. The molecule has 0 unspecified atom stereocenters.